The summed E-state index contributed by atoms with van der Waals surface area (Å²) in [5.41, 5.74) is 0. The van der Waals surface area contributed by atoms with E-state index >= 15 is 0 Å². The smallest absolute Gasteiger partial charge is 0.0256 e. The molecule has 0 aliphatic carbocycles. The summed E-state index contributed by atoms with van der Waals surface area (Å²) in [6.07, 6.45) is 4.16. The molecule has 72 valence electrons. The van der Waals surface area contributed by atoms with Crippen molar-refractivity contribution in [2.24, 2.45) is 5.84 Å². The van der Waals surface area contributed by atoms with Gasteiger partial charge in [0.2, 0.25) is 0 Å². The van der Waals surface area contributed by atoms with Crippen LogP contribution in [0.2, 0.25) is 0 Å². The van der Waals surface area contributed by atoms with E-state index in [-0.39, 0.29) is 0 Å². The standard InChI is InChI=1S/C9H21N3/c1-2-12(10)9-8-11-6-4-3-5-7-11/h2-10H2,1H3. The summed E-state index contributed by atoms with van der Waals surface area (Å²) in [7, 11) is 0. The molecule has 0 atom stereocenters. The van der Waals surface area contributed by atoms with Crippen LogP contribution in [0.1, 0.15) is 26.2 Å². The third-order valence-electron chi connectivity index (χ3n) is 2.56. The third kappa shape index (κ3) is 3.52. The van der Waals surface area contributed by atoms with Crippen molar-refractivity contribution in [1.29, 1.82) is 0 Å². The summed E-state index contributed by atoms with van der Waals surface area (Å²) < 4.78 is 0. The Morgan fingerprint density at radius 1 is 1.25 bits per heavy atom. The molecule has 1 aliphatic rings. The molecule has 0 amide bonds. The molecule has 0 saturated carbocycles. The molecule has 12 heavy (non-hydrogen) atoms. The minimum absolute atomic E-state index is 0.952. The summed E-state index contributed by atoms with van der Waals surface area (Å²) in [6.45, 7) is 7.75. The van der Waals surface area contributed by atoms with Crippen molar-refractivity contribution in [1.82, 2.24) is 9.91 Å². The second-order valence-corrected chi connectivity index (χ2v) is 3.53. The van der Waals surface area contributed by atoms with Crippen LogP contribution in [-0.2, 0) is 0 Å². The van der Waals surface area contributed by atoms with Gasteiger partial charge in [-0.25, -0.2) is 5.01 Å². The van der Waals surface area contributed by atoms with Crippen molar-refractivity contribution in [2.75, 3.05) is 32.7 Å². The summed E-state index contributed by atoms with van der Waals surface area (Å²) >= 11 is 0. The maximum Gasteiger partial charge on any atom is 0.0256 e. The lowest BCUT2D eigenvalue weighted by Crippen LogP contribution is -2.40. The van der Waals surface area contributed by atoms with Gasteiger partial charge in [-0.3, -0.25) is 5.84 Å². The van der Waals surface area contributed by atoms with Crippen molar-refractivity contribution < 1.29 is 0 Å². The van der Waals surface area contributed by atoms with Gasteiger partial charge in [0.05, 0.1) is 0 Å². The number of hydrogen-bond donors (Lipinski definition) is 1. The number of likely N-dealkylation sites (tertiary alicyclic amines) is 1. The highest BCUT2D eigenvalue weighted by Crippen LogP contribution is 2.07. The van der Waals surface area contributed by atoms with Gasteiger partial charge < -0.3 is 4.90 Å². The van der Waals surface area contributed by atoms with E-state index in [0.717, 1.165) is 19.6 Å². The highest BCUT2D eigenvalue weighted by atomic mass is 15.4. The average molecular weight is 171 g/mol. The minimum Gasteiger partial charge on any atom is -0.302 e. The fourth-order valence-corrected chi connectivity index (χ4v) is 1.61. The van der Waals surface area contributed by atoms with Crippen molar-refractivity contribution in [3.63, 3.8) is 0 Å². The maximum atomic E-state index is 5.70. The zero-order valence-corrected chi connectivity index (χ0v) is 8.13. The van der Waals surface area contributed by atoms with Gasteiger partial charge in [-0.15, -0.1) is 0 Å². The molecule has 3 heteroatoms. The molecule has 1 fully saturated rings. The highest BCUT2D eigenvalue weighted by molar-refractivity contribution is 4.65. The Morgan fingerprint density at radius 2 is 1.92 bits per heavy atom. The number of piperidine rings is 1. The van der Waals surface area contributed by atoms with Crippen molar-refractivity contribution in [3.05, 3.63) is 0 Å². The predicted octanol–water partition coefficient (Wildman–Crippen LogP) is 0.668. The number of rotatable bonds is 4. The van der Waals surface area contributed by atoms with Crippen molar-refractivity contribution >= 4 is 0 Å². The van der Waals surface area contributed by atoms with Crippen LogP contribution in [0.4, 0.5) is 0 Å². The van der Waals surface area contributed by atoms with Gasteiger partial charge in [0.15, 0.2) is 0 Å². The first-order chi connectivity index (χ1) is 5.83. The zero-order chi connectivity index (χ0) is 8.81. The molecule has 1 rings (SSSR count). The number of nitrogens with zero attached hydrogens (tertiary/aromatic N) is 2. The van der Waals surface area contributed by atoms with Gasteiger partial charge in [-0.2, -0.15) is 0 Å². The van der Waals surface area contributed by atoms with E-state index in [1.807, 2.05) is 5.01 Å². The molecule has 0 aromatic heterocycles. The van der Waals surface area contributed by atoms with Gasteiger partial charge in [0, 0.05) is 19.6 Å². The summed E-state index contributed by atoms with van der Waals surface area (Å²) in [6, 6.07) is 0. The van der Waals surface area contributed by atoms with Crippen LogP contribution in [0, 0.1) is 0 Å². The molecule has 0 aromatic rings. The van der Waals surface area contributed by atoms with Gasteiger partial charge in [-0.05, 0) is 25.9 Å². The molecule has 1 heterocycles. The van der Waals surface area contributed by atoms with Crippen molar-refractivity contribution in [2.45, 2.75) is 26.2 Å². The lowest BCUT2D eigenvalue weighted by atomic mass is 10.1. The lowest BCUT2D eigenvalue weighted by molar-refractivity contribution is 0.187. The van der Waals surface area contributed by atoms with E-state index in [9.17, 15) is 0 Å². The minimum atomic E-state index is 0.952. The average Bonchev–Trinajstić information content (AvgIpc) is 2.16. The predicted molar refractivity (Wildman–Crippen MR) is 51.7 cm³/mol. The summed E-state index contributed by atoms with van der Waals surface area (Å²) in [5, 5.41) is 1.88. The maximum absolute atomic E-state index is 5.70. The van der Waals surface area contributed by atoms with Gasteiger partial charge in [0.1, 0.15) is 0 Å². The van der Waals surface area contributed by atoms with Crippen LogP contribution in [0.3, 0.4) is 0 Å². The first-order valence-electron chi connectivity index (χ1n) is 5.05. The van der Waals surface area contributed by atoms with E-state index in [1.165, 1.54) is 32.4 Å². The number of likely N-dealkylation sites (N-methyl/N-ethyl adjacent to an activating group) is 1. The molecule has 0 bridgehead atoms. The molecule has 1 aliphatic heterocycles. The SMILES string of the molecule is CCN(N)CCN1CCCCC1. The van der Waals surface area contributed by atoms with Crippen LogP contribution < -0.4 is 5.84 Å². The van der Waals surface area contributed by atoms with E-state index < -0.39 is 0 Å². The highest BCUT2D eigenvalue weighted by Gasteiger charge is 2.09. The molecular formula is C9H21N3. The molecule has 0 aromatic carbocycles. The molecule has 2 N–H and O–H groups in total. The Bertz CT molecular complexity index is 110. The second kappa shape index (κ2) is 5.51. The van der Waals surface area contributed by atoms with Gasteiger partial charge >= 0.3 is 0 Å². The molecule has 1 saturated heterocycles. The fraction of sp³-hybridized carbons (Fsp3) is 1.00. The molecular weight excluding hydrogens is 150 g/mol. The Kier molecular flexibility index (Phi) is 4.58. The van der Waals surface area contributed by atoms with Crippen LogP contribution in [0.25, 0.3) is 0 Å². The van der Waals surface area contributed by atoms with Crippen LogP contribution in [0.15, 0.2) is 0 Å². The van der Waals surface area contributed by atoms with E-state index in [0.29, 0.717) is 0 Å². The topological polar surface area (TPSA) is 32.5 Å². The van der Waals surface area contributed by atoms with E-state index in [2.05, 4.69) is 11.8 Å². The van der Waals surface area contributed by atoms with E-state index in [4.69, 9.17) is 5.84 Å². The first kappa shape index (κ1) is 9.96. The Morgan fingerprint density at radius 3 is 2.50 bits per heavy atom. The molecule has 0 spiro atoms. The Hall–Kier alpha value is -0.120. The van der Waals surface area contributed by atoms with Crippen molar-refractivity contribution in [3.8, 4) is 0 Å². The summed E-state index contributed by atoms with van der Waals surface area (Å²) in [4.78, 5) is 2.51. The largest absolute Gasteiger partial charge is 0.302 e. The quantitative estimate of drug-likeness (QED) is 0.498. The number of hydrogen-bond acceptors (Lipinski definition) is 3. The fourth-order valence-electron chi connectivity index (χ4n) is 1.61. The number of hydrazine groups is 1. The monoisotopic (exact) mass is 171 g/mol. The summed E-state index contributed by atoms with van der Waals surface area (Å²) in [5.74, 6) is 5.70. The van der Waals surface area contributed by atoms with E-state index in [1.54, 1.807) is 0 Å². The van der Waals surface area contributed by atoms with Gasteiger partial charge in [-0.1, -0.05) is 13.3 Å². The normalized spacial score (nSPS) is 20.2. The van der Waals surface area contributed by atoms with Crippen LogP contribution >= 0.6 is 0 Å². The molecule has 0 radical (unpaired) electrons. The third-order valence-corrected chi connectivity index (χ3v) is 2.56. The van der Waals surface area contributed by atoms with Crippen LogP contribution in [-0.4, -0.2) is 42.6 Å². The molecule has 0 unspecified atom stereocenters. The molecule has 3 nitrogen and oxygen atoms in total. The first-order valence-corrected chi connectivity index (χ1v) is 5.05. The Labute approximate surface area is 75.5 Å². The van der Waals surface area contributed by atoms with Gasteiger partial charge in [0.25, 0.3) is 0 Å². The zero-order valence-electron chi connectivity index (χ0n) is 8.13. The second-order valence-electron chi connectivity index (χ2n) is 3.53. The number of nitrogens with two attached hydrogens (primary N) is 1. The lowest BCUT2D eigenvalue weighted by Gasteiger charge is -2.27. The Balaban J connectivity index is 2.05. The van der Waals surface area contributed by atoms with Crippen LogP contribution in [0.5, 0.6) is 0 Å².